The van der Waals surface area contributed by atoms with Gasteiger partial charge in [0.1, 0.15) is 0 Å². The van der Waals surface area contributed by atoms with E-state index in [4.69, 9.17) is 11.6 Å². The first-order valence-corrected chi connectivity index (χ1v) is 9.35. The highest BCUT2D eigenvalue weighted by molar-refractivity contribution is 6.30. The highest BCUT2D eigenvalue weighted by Crippen LogP contribution is 2.35. The summed E-state index contributed by atoms with van der Waals surface area (Å²) in [6.45, 7) is 0. The van der Waals surface area contributed by atoms with E-state index in [0.717, 1.165) is 23.4 Å². The molecule has 26 heavy (non-hydrogen) atoms. The van der Waals surface area contributed by atoms with Crippen LogP contribution in [-0.4, -0.2) is 4.57 Å². The van der Waals surface area contributed by atoms with Crippen LogP contribution in [0.15, 0.2) is 85.0 Å². The molecular formula is C24H18ClN. The van der Waals surface area contributed by atoms with Gasteiger partial charge in [-0.1, -0.05) is 60.2 Å². The molecule has 0 N–H and O–H groups in total. The first kappa shape index (κ1) is 15.5. The second-order valence-electron chi connectivity index (χ2n) is 6.70. The molecule has 0 saturated heterocycles. The van der Waals surface area contributed by atoms with E-state index < -0.39 is 0 Å². The van der Waals surface area contributed by atoms with Gasteiger partial charge in [-0.05, 0) is 60.4 Å². The predicted octanol–water partition coefficient (Wildman–Crippen LogP) is 7.31. The zero-order valence-corrected chi connectivity index (χ0v) is 15.1. The largest absolute Gasteiger partial charge is 0.310 e. The molecule has 1 nitrogen and oxygen atoms in total. The lowest BCUT2D eigenvalue weighted by Crippen LogP contribution is -1.96. The van der Waals surface area contributed by atoms with Gasteiger partial charge in [0.2, 0.25) is 0 Å². The smallest absolute Gasteiger partial charge is 0.0541 e. The summed E-state index contributed by atoms with van der Waals surface area (Å²) < 4.78 is 2.38. The molecule has 0 aliphatic heterocycles. The van der Waals surface area contributed by atoms with Crippen LogP contribution in [0.25, 0.3) is 38.6 Å². The summed E-state index contributed by atoms with van der Waals surface area (Å²) in [5.41, 5.74) is 6.10. The molecule has 5 rings (SSSR count). The van der Waals surface area contributed by atoms with E-state index in [9.17, 15) is 0 Å². The van der Waals surface area contributed by atoms with Crippen molar-refractivity contribution in [2.45, 2.75) is 12.8 Å². The van der Waals surface area contributed by atoms with Crippen LogP contribution in [0.5, 0.6) is 0 Å². The fraction of sp³-hybridized carbons (Fsp3) is 0.0833. The Labute approximate surface area is 157 Å². The summed E-state index contributed by atoms with van der Waals surface area (Å²) in [6.07, 6.45) is 9.05. The van der Waals surface area contributed by atoms with E-state index in [-0.39, 0.29) is 0 Å². The van der Waals surface area contributed by atoms with Gasteiger partial charge in [-0.2, -0.15) is 0 Å². The summed E-state index contributed by atoms with van der Waals surface area (Å²) in [5.74, 6) is 0. The number of halogens is 1. The zero-order valence-electron chi connectivity index (χ0n) is 14.3. The molecule has 4 aromatic rings. The van der Waals surface area contributed by atoms with Crippen LogP contribution in [0.4, 0.5) is 0 Å². The van der Waals surface area contributed by atoms with Crippen molar-refractivity contribution in [1.82, 2.24) is 4.57 Å². The topological polar surface area (TPSA) is 4.93 Å². The number of aromatic nitrogens is 1. The third-order valence-corrected chi connectivity index (χ3v) is 5.30. The monoisotopic (exact) mass is 355 g/mol. The van der Waals surface area contributed by atoms with Crippen molar-refractivity contribution in [3.8, 4) is 11.1 Å². The van der Waals surface area contributed by atoms with E-state index in [1.807, 2.05) is 18.2 Å². The molecule has 0 unspecified atom stereocenters. The maximum Gasteiger partial charge on any atom is 0.0541 e. The lowest BCUT2D eigenvalue weighted by Gasteiger charge is -2.12. The van der Waals surface area contributed by atoms with E-state index >= 15 is 0 Å². The van der Waals surface area contributed by atoms with Crippen LogP contribution in [0.2, 0.25) is 5.02 Å². The zero-order chi connectivity index (χ0) is 17.5. The Morgan fingerprint density at radius 3 is 2.42 bits per heavy atom. The minimum atomic E-state index is 0.766. The minimum absolute atomic E-state index is 0.766. The summed E-state index contributed by atoms with van der Waals surface area (Å²) in [6, 6.07) is 23.4. The maximum atomic E-state index is 6.19. The standard InChI is InChI=1S/C24H18ClN/c25-19-8-6-7-17(15-19)18-13-14-24-22(16-18)21-11-4-5-12-23(21)26(24)20-9-2-1-3-10-20/h2,4-16H,1,3H2. The number of fused-ring (bicyclic) bond motifs is 3. The number of hydrogen-bond donors (Lipinski definition) is 0. The molecule has 1 aromatic heterocycles. The fourth-order valence-corrected chi connectivity index (χ4v) is 4.05. The predicted molar refractivity (Wildman–Crippen MR) is 113 cm³/mol. The van der Waals surface area contributed by atoms with Gasteiger partial charge in [0.25, 0.3) is 0 Å². The Morgan fingerprint density at radius 1 is 0.731 bits per heavy atom. The third kappa shape index (κ3) is 2.48. The molecule has 1 aliphatic carbocycles. The normalized spacial score (nSPS) is 14.1. The lowest BCUT2D eigenvalue weighted by atomic mass is 10.0. The molecule has 0 amide bonds. The number of rotatable bonds is 2. The van der Waals surface area contributed by atoms with E-state index in [1.54, 1.807) is 0 Å². The molecule has 3 aromatic carbocycles. The van der Waals surface area contributed by atoms with Crippen molar-refractivity contribution in [2.75, 3.05) is 0 Å². The van der Waals surface area contributed by atoms with Crippen LogP contribution < -0.4 is 0 Å². The molecule has 0 saturated carbocycles. The number of allylic oxidation sites excluding steroid dienone is 4. The Bertz CT molecular complexity index is 1190. The Kier molecular flexibility index (Phi) is 3.69. The third-order valence-electron chi connectivity index (χ3n) is 5.06. The average molecular weight is 356 g/mol. The van der Waals surface area contributed by atoms with Gasteiger partial charge in [0.15, 0.2) is 0 Å². The quantitative estimate of drug-likeness (QED) is 0.355. The first-order valence-electron chi connectivity index (χ1n) is 8.97. The molecular weight excluding hydrogens is 338 g/mol. The lowest BCUT2D eigenvalue weighted by molar-refractivity contribution is 1.02. The summed E-state index contributed by atoms with van der Waals surface area (Å²) in [4.78, 5) is 0. The summed E-state index contributed by atoms with van der Waals surface area (Å²) in [5, 5.41) is 3.33. The summed E-state index contributed by atoms with van der Waals surface area (Å²) >= 11 is 6.19. The molecule has 0 radical (unpaired) electrons. The van der Waals surface area contributed by atoms with Gasteiger partial charge < -0.3 is 4.57 Å². The van der Waals surface area contributed by atoms with Gasteiger partial charge in [0, 0.05) is 21.5 Å². The van der Waals surface area contributed by atoms with Crippen LogP contribution in [-0.2, 0) is 0 Å². The van der Waals surface area contributed by atoms with Crippen molar-refractivity contribution in [3.05, 3.63) is 90.0 Å². The van der Waals surface area contributed by atoms with Crippen molar-refractivity contribution < 1.29 is 0 Å². The number of nitrogens with zero attached hydrogens (tertiary/aromatic N) is 1. The number of para-hydroxylation sites is 1. The molecule has 0 atom stereocenters. The van der Waals surface area contributed by atoms with Gasteiger partial charge in [-0.25, -0.2) is 0 Å². The van der Waals surface area contributed by atoms with E-state index in [0.29, 0.717) is 0 Å². The molecule has 0 fully saturated rings. The van der Waals surface area contributed by atoms with Crippen molar-refractivity contribution >= 4 is 39.1 Å². The molecule has 2 heteroatoms. The molecule has 126 valence electrons. The average Bonchev–Trinajstić information content (AvgIpc) is 3.02. The van der Waals surface area contributed by atoms with Gasteiger partial charge in [-0.15, -0.1) is 0 Å². The Balaban J connectivity index is 1.81. The van der Waals surface area contributed by atoms with Crippen LogP contribution in [0.1, 0.15) is 12.8 Å². The molecule has 0 spiro atoms. The molecule has 0 bridgehead atoms. The molecule has 1 aliphatic rings. The number of benzene rings is 3. The highest BCUT2D eigenvalue weighted by Gasteiger charge is 2.14. The van der Waals surface area contributed by atoms with Crippen molar-refractivity contribution in [1.29, 1.82) is 0 Å². The molecule has 1 heterocycles. The Morgan fingerprint density at radius 2 is 1.58 bits per heavy atom. The minimum Gasteiger partial charge on any atom is -0.310 e. The van der Waals surface area contributed by atoms with Crippen LogP contribution in [0.3, 0.4) is 0 Å². The maximum absolute atomic E-state index is 6.19. The first-order chi connectivity index (χ1) is 12.8. The highest BCUT2D eigenvalue weighted by atomic mass is 35.5. The number of hydrogen-bond acceptors (Lipinski definition) is 0. The van der Waals surface area contributed by atoms with Crippen LogP contribution >= 0.6 is 11.6 Å². The van der Waals surface area contributed by atoms with Crippen molar-refractivity contribution in [2.24, 2.45) is 0 Å². The van der Waals surface area contributed by atoms with Gasteiger partial charge >= 0.3 is 0 Å². The van der Waals surface area contributed by atoms with E-state index in [1.165, 1.54) is 33.1 Å². The second-order valence-corrected chi connectivity index (χ2v) is 7.14. The second kappa shape index (κ2) is 6.19. The van der Waals surface area contributed by atoms with Gasteiger partial charge in [-0.3, -0.25) is 0 Å². The fourth-order valence-electron chi connectivity index (χ4n) is 3.86. The van der Waals surface area contributed by atoms with Gasteiger partial charge in [0.05, 0.1) is 11.0 Å². The van der Waals surface area contributed by atoms with Crippen molar-refractivity contribution in [3.63, 3.8) is 0 Å². The van der Waals surface area contributed by atoms with Crippen LogP contribution in [0, 0.1) is 0 Å². The Hall–Kier alpha value is -2.77. The van der Waals surface area contributed by atoms with E-state index in [2.05, 4.69) is 71.3 Å². The SMILES string of the molecule is Clc1cccc(-c2ccc3c(c2)c2ccccc2n3C2=CCCC=C2)c1. The summed E-state index contributed by atoms with van der Waals surface area (Å²) in [7, 11) is 0.